The van der Waals surface area contributed by atoms with Crippen LogP contribution in [0.5, 0.6) is 0 Å². The third-order valence-electron chi connectivity index (χ3n) is 3.89. The lowest BCUT2D eigenvalue weighted by atomic mass is 10.1. The third kappa shape index (κ3) is 2.68. The van der Waals surface area contributed by atoms with E-state index in [4.69, 9.17) is 0 Å². The lowest BCUT2D eigenvalue weighted by Gasteiger charge is -2.32. The molecule has 1 aromatic heterocycles. The molecule has 0 bridgehead atoms. The van der Waals surface area contributed by atoms with Gasteiger partial charge in [-0.3, -0.25) is 14.6 Å². The highest BCUT2D eigenvalue weighted by Crippen LogP contribution is 2.23. The van der Waals surface area contributed by atoms with E-state index >= 15 is 0 Å². The van der Waals surface area contributed by atoms with Gasteiger partial charge in [0.15, 0.2) is 0 Å². The maximum absolute atomic E-state index is 12.1. The van der Waals surface area contributed by atoms with Crippen molar-refractivity contribution in [2.24, 2.45) is 0 Å². The molecule has 2 aromatic rings. The van der Waals surface area contributed by atoms with Crippen LogP contribution in [-0.2, 0) is 4.79 Å². The summed E-state index contributed by atoms with van der Waals surface area (Å²) in [5, 5.41) is 3.74. The second kappa shape index (κ2) is 5.12. The first-order valence-electron chi connectivity index (χ1n) is 7.40. The molecule has 0 radical (unpaired) electrons. The first-order chi connectivity index (χ1) is 10.3. The van der Waals surface area contributed by atoms with Crippen molar-refractivity contribution in [3.05, 3.63) is 34.6 Å². The maximum Gasteiger partial charge on any atom is 0.260 e. The molecule has 1 fully saturated rings. The summed E-state index contributed by atoms with van der Waals surface area (Å²) in [5.41, 5.74) is 0.272. The number of carbonyl (C=O) groups excluding carboxylic acids is 1. The van der Waals surface area contributed by atoms with Crippen molar-refractivity contribution in [2.45, 2.75) is 38.8 Å². The molecule has 0 aliphatic carbocycles. The Morgan fingerprint density at radius 3 is 2.68 bits per heavy atom. The van der Waals surface area contributed by atoms with Crippen LogP contribution in [0.15, 0.2) is 29.1 Å². The second-order valence-corrected chi connectivity index (χ2v) is 6.65. The molecule has 0 saturated carbocycles. The number of aromatic amines is 1. The molecule has 22 heavy (non-hydrogen) atoms. The fraction of sp³-hybridized carbons (Fsp3) is 0.438. The van der Waals surface area contributed by atoms with E-state index in [1.165, 1.54) is 0 Å². The highest BCUT2D eigenvalue weighted by molar-refractivity contribution is 5.81. The van der Waals surface area contributed by atoms with Gasteiger partial charge in [0, 0.05) is 18.5 Å². The largest absolute Gasteiger partial charge is 0.351 e. The Morgan fingerprint density at radius 1 is 1.27 bits per heavy atom. The number of benzene rings is 1. The number of carbonyl (C=O) groups is 1. The maximum atomic E-state index is 12.1. The van der Waals surface area contributed by atoms with Crippen molar-refractivity contribution in [3.63, 3.8) is 0 Å². The van der Waals surface area contributed by atoms with Crippen LogP contribution < -0.4 is 10.9 Å². The van der Waals surface area contributed by atoms with Crippen LogP contribution in [0, 0.1) is 0 Å². The molecule has 1 amide bonds. The number of amides is 1. The van der Waals surface area contributed by atoms with Gasteiger partial charge in [-0.2, -0.15) is 0 Å². The summed E-state index contributed by atoms with van der Waals surface area (Å²) < 4.78 is 0. The van der Waals surface area contributed by atoms with Crippen molar-refractivity contribution in [2.75, 3.05) is 11.9 Å². The molecule has 1 saturated heterocycles. The summed E-state index contributed by atoms with van der Waals surface area (Å²) in [6.07, 6.45) is 0.411. The Kier molecular flexibility index (Phi) is 3.39. The lowest BCUT2D eigenvalue weighted by molar-refractivity contribution is -0.131. The zero-order valence-corrected chi connectivity index (χ0v) is 13.0. The van der Waals surface area contributed by atoms with Crippen LogP contribution in [-0.4, -0.2) is 38.9 Å². The van der Waals surface area contributed by atoms with E-state index in [-0.39, 0.29) is 23.0 Å². The van der Waals surface area contributed by atoms with Crippen LogP contribution in [0.3, 0.4) is 0 Å². The molecule has 6 nitrogen and oxygen atoms in total. The van der Waals surface area contributed by atoms with E-state index in [0.29, 0.717) is 29.8 Å². The molecule has 1 aliphatic heterocycles. The van der Waals surface area contributed by atoms with E-state index < -0.39 is 0 Å². The van der Waals surface area contributed by atoms with Gasteiger partial charge in [0.2, 0.25) is 11.9 Å². The molecule has 6 heteroatoms. The topological polar surface area (TPSA) is 78.1 Å². The Bertz CT molecular complexity index is 776. The molecule has 116 valence electrons. The first-order valence-corrected chi connectivity index (χ1v) is 7.40. The van der Waals surface area contributed by atoms with Gasteiger partial charge in [0.1, 0.15) is 0 Å². The fourth-order valence-corrected chi connectivity index (χ4v) is 2.80. The molecule has 1 unspecified atom stereocenters. The second-order valence-electron chi connectivity index (χ2n) is 6.65. The number of H-pyrrole nitrogens is 1. The molecule has 1 aliphatic rings. The minimum atomic E-state index is -0.197. The van der Waals surface area contributed by atoms with E-state index in [0.717, 1.165) is 0 Å². The van der Waals surface area contributed by atoms with E-state index in [9.17, 15) is 9.59 Å². The van der Waals surface area contributed by atoms with E-state index in [2.05, 4.69) is 15.3 Å². The number of hydrogen-bond donors (Lipinski definition) is 2. The number of likely N-dealkylation sites (tertiary alicyclic amines) is 1. The van der Waals surface area contributed by atoms with Gasteiger partial charge in [-0.1, -0.05) is 12.1 Å². The number of aromatic nitrogens is 2. The van der Waals surface area contributed by atoms with Crippen LogP contribution in [0.1, 0.15) is 27.2 Å². The average molecular weight is 300 g/mol. The zero-order valence-electron chi connectivity index (χ0n) is 13.0. The zero-order chi connectivity index (χ0) is 15.9. The summed E-state index contributed by atoms with van der Waals surface area (Å²) in [7, 11) is 0. The van der Waals surface area contributed by atoms with Crippen molar-refractivity contribution < 1.29 is 4.79 Å². The predicted octanol–water partition coefficient (Wildman–Crippen LogP) is 1.73. The van der Waals surface area contributed by atoms with Crippen LogP contribution in [0.2, 0.25) is 0 Å². The Balaban J connectivity index is 1.83. The average Bonchev–Trinajstić information content (AvgIpc) is 2.79. The van der Waals surface area contributed by atoms with Crippen LogP contribution in [0.4, 0.5) is 5.95 Å². The van der Waals surface area contributed by atoms with Crippen LogP contribution >= 0.6 is 0 Å². The van der Waals surface area contributed by atoms with Gasteiger partial charge in [-0.15, -0.1) is 0 Å². The first kappa shape index (κ1) is 14.6. The molecule has 1 aromatic carbocycles. The van der Waals surface area contributed by atoms with Gasteiger partial charge in [-0.25, -0.2) is 4.98 Å². The molecule has 2 heterocycles. The number of rotatable bonds is 2. The molecule has 1 atom stereocenters. The smallest absolute Gasteiger partial charge is 0.260 e. The molecular weight excluding hydrogens is 280 g/mol. The van der Waals surface area contributed by atoms with Gasteiger partial charge in [-0.05, 0) is 32.9 Å². The highest BCUT2D eigenvalue weighted by Gasteiger charge is 2.36. The Labute approximate surface area is 128 Å². The van der Waals surface area contributed by atoms with E-state index in [1.807, 2.05) is 37.8 Å². The van der Waals surface area contributed by atoms with E-state index in [1.54, 1.807) is 12.1 Å². The SMILES string of the molecule is CC(C)(C)N1CC(Nc2nc3ccccc3c(=O)[nH]2)CC1=O. The number of fused-ring (bicyclic) bond motifs is 1. The number of para-hydroxylation sites is 1. The van der Waals surface area contributed by atoms with Crippen molar-refractivity contribution in [3.8, 4) is 0 Å². The summed E-state index contributed by atoms with van der Waals surface area (Å²) in [6, 6.07) is 7.15. The summed E-state index contributed by atoms with van der Waals surface area (Å²) in [6.45, 7) is 6.66. The molecule has 2 N–H and O–H groups in total. The van der Waals surface area contributed by atoms with Gasteiger partial charge in [0.05, 0.1) is 16.9 Å². The number of nitrogens with one attached hydrogen (secondary N) is 2. The van der Waals surface area contributed by atoms with Crippen molar-refractivity contribution in [1.29, 1.82) is 0 Å². The van der Waals surface area contributed by atoms with Crippen molar-refractivity contribution >= 4 is 22.8 Å². The predicted molar refractivity (Wildman–Crippen MR) is 85.9 cm³/mol. The fourth-order valence-electron chi connectivity index (χ4n) is 2.80. The standard InChI is InChI=1S/C16H20N4O2/c1-16(2,3)20-9-10(8-13(20)21)17-15-18-12-7-5-4-6-11(12)14(22)19-15/h4-7,10H,8-9H2,1-3H3,(H2,17,18,19,22). The van der Waals surface area contributed by atoms with Gasteiger partial charge in [0.25, 0.3) is 5.56 Å². The van der Waals surface area contributed by atoms with Crippen LogP contribution in [0.25, 0.3) is 10.9 Å². The summed E-state index contributed by atoms with van der Waals surface area (Å²) in [4.78, 5) is 33.1. The number of anilines is 1. The number of hydrogen-bond acceptors (Lipinski definition) is 4. The minimum absolute atomic E-state index is 0.0453. The number of nitrogens with zero attached hydrogens (tertiary/aromatic N) is 2. The Hall–Kier alpha value is -2.37. The summed E-state index contributed by atoms with van der Waals surface area (Å²) in [5.74, 6) is 0.533. The molecule has 3 rings (SSSR count). The van der Waals surface area contributed by atoms with Gasteiger partial charge < -0.3 is 10.2 Å². The minimum Gasteiger partial charge on any atom is -0.351 e. The quantitative estimate of drug-likeness (QED) is 0.885. The monoisotopic (exact) mass is 300 g/mol. The summed E-state index contributed by atoms with van der Waals surface area (Å²) >= 11 is 0. The lowest BCUT2D eigenvalue weighted by Crippen LogP contribution is -2.43. The molecule has 0 spiro atoms. The normalized spacial score (nSPS) is 19.0. The van der Waals surface area contributed by atoms with Gasteiger partial charge >= 0.3 is 0 Å². The Morgan fingerprint density at radius 2 is 2.00 bits per heavy atom. The highest BCUT2D eigenvalue weighted by atomic mass is 16.2. The molecular formula is C16H20N4O2. The van der Waals surface area contributed by atoms with Crippen molar-refractivity contribution in [1.82, 2.24) is 14.9 Å². The third-order valence-corrected chi connectivity index (χ3v) is 3.89.